The first-order valence-electron chi connectivity index (χ1n) is 6.43. The van der Waals surface area contributed by atoms with Crippen molar-refractivity contribution in [3.8, 4) is 0 Å². The molecule has 0 aliphatic heterocycles. The number of nitrogens with two attached hydrogens (primary N) is 1. The second kappa shape index (κ2) is 7.65. The Morgan fingerprint density at radius 1 is 0.889 bits per heavy atom. The van der Waals surface area contributed by atoms with Crippen molar-refractivity contribution in [3.63, 3.8) is 0 Å². The minimum Gasteiger partial charge on any atom is -0.370 e. The van der Waals surface area contributed by atoms with Crippen LogP contribution in [0.5, 0.6) is 0 Å². The zero-order valence-corrected chi connectivity index (χ0v) is 12.4. The second-order valence-corrected chi connectivity index (χ2v) is 6.31. The first kappa shape index (κ1) is 15.3. The highest BCUT2D eigenvalue weighted by atomic mass is 28.4. The van der Waals surface area contributed by atoms with Crippen molar-refractivity contribution in [1.82, 2.24) is 0 Å². The average molecular weight is 269 g/mol. The largest absolute Gasteiger partial charge is 0.537 e. The topological polar surface area (TPSA) is 53.7 Å². The van der Waals surface area contributed by atoms with E-state index in [0.717, 1.165) is 10.8 Å². The maximum absolute atomic E-state index is 5.83. The highest BCUT2D eigenvalue weighted by Crippen LogP contribution is 2.11. The van der Waals surface area contributed by atoms with Crippen LogP contribution in [0.4, 0.5) is 0 Å². The molecule has 1 rings (SSSR count). The quantitative estimate of drug-likeness (QED) is 0.725. The van der Waals surface area contributed by atoms with Gasteiger partial charge in [0.1, 0.15) is 0 Å². The van der Waals surface area contributed by atoms with Crippen LogP contribution in [-0.4, -0.2) is 28.6 Å². The molecule has 0 fully saturated rings. The second-order valence-electron chi connectivity index (χ2n) is 3.76. The van der Waals surface area contributed by atoms with Gasteiger partial charge in [0.2, 0.25) is 0 Å². The molecule has 0 radical (unpaired) electrons. The maximum atomic E-state index is 5.83. The van der Waals surface area contributed by atoms with E-state index in [2.05, 4.69) is 0 Å². The fourth-order valence-corrected chi connectivity index (χ4v) is 4.26. The zero-order valence-electron chi connectivity index (χ0n) is 11.4. The van der Waals surface area contributed by atoms with E-state index in [1.165, 1.54) is 0 Å². The summed E-state index contributed by atoms with van der Waals surface area (Å²) in [6.07, 6.45) is 0. The lowest BCUT2D eigenvalue weighted by atomic mass is 10.2. The Labute approximate surface area is 110 Å². The molecule has 0 aliphatic rings. The van der Waals surface area contributed by atoms with E-state index in [9.17, 15) is 0 Å². The molecule has 0 heterocycles. The highest BCUT2D eigenvalue weighted by Gasteiger charge is 2.42. The van der Waals surface area contributed by atoms with Crippen LogP contribution in [0.15, 0.2) is 24.3 Å². The Balaban J connectivity index is 3.04. The third kappa shape index (κ3) is 3.63. The minimum absolute atomic E-state index is 0.534. The molecule has 18 heavy (non-hydrogen) atoms. The first-order valence-corrected chi connectivity index (χ1v) is 8.16. The van der Waals surface area contributed by atoms with Gasteiger partial charge in [-0.1, -0.05) is 24.3 Å². The number of rotatable bonds is 8. The lowest BCUT2D eigenvalue weighted by molar-refractivity contribution is 0.0859. The summed E-state index contributed by atoms with van der Waals surface area (Å²) in [6.45, 7) is 8.11. The summed E-state index contributed by atoms with van der Waals surface area (Å²) in [5.74, 6) is 0. The van der Waals surface area contributed by atoms with Gasteiger partial charge in [0.15, 0.2) is 0 Å². The molecule has 0 aliphatic carbocycles. The molecule has 0 saturated carbocycles. The van der Waals surface area contributed by atoms with E-state index in [0.29, 0.717) is 26.4 Å². The standard InChI is InChI=1S/C13H23NO3Si/c1-4-15-18(16-5-2,17-6-3)13-9-7-12(11-14)8-10-13/h7-10H,4-6,11,14H2,1-3H3. The SMILES string of the molecule is CCO[Si](OCC)(OCC)c1ccc(CN)cc1. The normalized spacial score (nSPS) is 11.8. The molecule has 2 N–H and O–H groups in total. The Morgan fingerprint density at radius 3 is 1.67 bits per heavy atom. The fourth-order valence-electron chi connectivity index (χ4n) is 1.79. The Morgan fingerprint density at radius 2 is 1.33 bits per heavy atom. The van der Waals surface area contributed by atoms with Crippen LogP contribution in [0.3, 0.4) is 0 Å². The van der Waals surface area contributed by atoms with Gasteiger partial charge in [0, 0.05) is 31.6 Å². The lowest BCUT2D eigenvalue weighted by Crippen LogP contribution is -2.56. The molecule has 4 nitrogen and oxygen atoms in total. The molecule has 0 aromatic heterocycles. The molecule has 5 heteroatoms. The summed E-state index contributed by atoms with van der Waals surface area (Å²) in [5.41, 5.74) is 6.69. The predicted molar refractivity (Wildman–Crippen MR) is 74.6 cm³/mol. The van der Waals surface area contributed by atoms with Crippen molar-refractivity contribution < 1.29 is 13.3 Å². The number of benzene rings is 1. The van der Waals surface area contributed by atoms with Crippen molar-refractivity contribution in [2.45, 2.75) is 27.3 Å². The lowest BCUT2D eigenvalue weighted by Gasteiger charge is -2.28. The Bertz CT molecular complexity index is 326. The van der Waals surface area contributed by atoms with E-state index in [4.69, 9.17) is 19.0 Å². The average Bonchev–Trinajstić information content (AvgIpc) is 2.39. The van der Waals surface area contributed by atoms with Crippen molar-refractivity contribution in [1.29, 1.82) is 0 Å². The summed E-state index contributed by atoms with van der Waals surface area (Å²) in [4.78, 5) is 0. The fraction of sp³-hybridized carbons (Fsp3) is 0.538. The molecule has 0 amide bonds. The Kier molecular flexibility index (Phi) is 6.52. The third-order valence-electron chi connectivity index (χ3n) is 2.55. The van der Waals surface area contributed by atoms with Crippen molar-refractivity contribution in [3.05, 3.63) is 29.8 Å². The first-order chi connectivity index (χ1) is 8.72. The van der Waals surface area contributed by atoms with E-state index in [-0.39, 0.29) is 0 Å². The summed E-state index contributed by atoms with van der Waals surface area (Å²) < 4.78 is 17.5. The molecular formula is C13H23NO3Si. The van der Waals surface area contributed by atoms with Gasteiger partial charge in [-0.25, -0.2) is 0 Å². The molecule has 0 unspecified atom stereocenters. The summed E-state index contributed by atoms with van der Waals surface area (Å²) in [5, 5.41) is 0.991. The molecule has 0 spiro atoms. The van der Waals surface area contributed by atoms with E-state index < -0.39 is 8.80 Å². The van der Waals surface area contributed by atoms with Gasteiger partial charge < -0.3 is 19.0 Å². The number of hydrogen-bond donors (Lipinski definition) is 1. The molecular weight excluding hydrogens is 246 g/mol. The van der Waals surface area contributed by atoms with Crippen LogP contribution < -0.4 is 10.9 Å². The van der Waals surface area contributed by atoms with E-state index in [1.54, 1.807) is 0 Å². The van der Waals surface area contributed by atoms with Crippen LogP contribution in [0, 0.1) is 0 Å². The van der Waals surface area contributed by atoms with Crippen LogP contribution in [0.25, 0.3) is 0 Å². The van der Waals surface area contributed by atoms with Gasteiger partial charge in [-0.15, -0.1) is 0 Å². The van der Waals surface area contributed by atoms with Crippen molar-refractivity contribution in [2.75, 3.05) is 19.8 Å². The van der Waals surface area contributed by atoms with Crippen molar-refractivity contribution in [2.24, 2.45) is 5.73 Å². The monoisotopic (exact) mass is 269 g/mol. The molecule has 0 bridgehead atoms. The molecule has 1 aromatic carbocycles. The van der Waals surface area contributed by atoms with Gasteiger partial charge in [-0.2, -0.15) is 0 Å². The molecule has 0 saturated heterocycles. The highest BCUT2D eigenvalue weighted by molar-refractivity contribution is 6.75. The zero-order chi connectivity index (χ0) is 13.4. The van der Waals surface area contributed by atoms with Crippen LogP contribution in [-0.2, 0) is 19.8 Å². The minimum atomic E-state index is -2.75. The van der Waals surface area contributed by atoms with E-state index >= 15 is 0 Å². The smallest absolute Gasteiger partial charge is 0.370 e. The summed E-state index contributed by atoms with van der Waals surface area (Å²) in [6, 6.07) is 7.98. The van der Waals surface area contributed by atoms with Crippen LogP contribution in [0.1, 0.15) is 26.3 Å². The molecule has 102 valence electrons. The molecule has 1 aromatic rings. The van der Waals surface area contributed by atoms with Crippen molar-refractivity contribution >= 4 is 14.0 Å². The summed E-state index contributed by atoms with van der Waals surface area (Å²) in [7, 11) is -2.75. The van der Waals surface area contributed by atoms with Gasteiger partial charge in [0.05, 0.1) is 0 Å². The van der Waals surface area contributed by atoms with Crippen LogP contribution in [0.2, 0.25) is 0 Å². The third-order valence-corrected chi connectivity index (χ3v) is 5.59. The summed E-state index contributed by atoms with van der Waals surface area (Å²) >= 11 is 0. The predicted octanol–water partition coefficient (Wildman–Crippen LogP) is 1.40. The van der Waals surface area contributed by atoms with Gasteiger partial charge >= 0.3 is 8.80 Å². The molecule has 0 atom stereocenters. The van der Waals surface area contributed by atoms with Gasteiger partial charge in [-0.05, 0) is 26.3 Å². The van der Waals surface area contributed by atoms with Gasteiger partial charge in [-0.3, -0.25) is 0 Å². The number of hydrogen-bond acceptors (Lipinski definition) is 4. The van der Waals surface area contributed by atoms with E-state index in [1.807, 2.05) is 45.0 Å². The van der Waals surface area contributed by atoms with Crippen LogP contribution >= 0.6 is 0 Å². The Hall–Kier alpha value is -0.723. The maximum Gasteiger partial charge on any atom is 0.537 e. The van der Waals surface area contributed by atoms with Gasteiger partial charge in [0.25, 0.3) is 0 Å².